The third-order valence-corrected chi connectivity index (χ3v) is 4.00. The average molecular weight is 363 g/mol. The number of pyridine rings is 1. The Labute approximate surface area is 117 Å². The maximum Gasteiger partial charge on any atom is 0.220 e. The zero-order valence-electron chi connectivity index (χ0n) is 9.20. The van der Waals surface area contributed by atoms with Crippen molar-refractivity contribution in [2.45, 2.75) is 12.8 Å². The van der Waals surface area contributed by atoms with Gasteiger partial charge in [0.1, 0.15) is 5.82 Å². The summed E-state index contributed by atoms with van der Waals surface area (Å²) in [6.07, 6.45) is 3.39. The molecule has 0 aromatic carbocycles. The van der Waals surface area contributed by atoms with Crippen LogP contribution in [0.2, 0.25) is 0 Å². The number of halogens is 2. The summed E-state index contributed by atoms with van der Waals surface area (Å²) in [5.41, 5.74) is 5.31. The number of anilines is 1. The van der Waals surface area contributed by atoms with Gasteiger partial charge in [-0.3, -0.25) is 4.79 Å². The van der Waals surface area contributed by atoms with E-state index in [2.05, 4.69) is 41.7 Å². The van der Waals surface area contributed by atoms with Gasteiger partial charge in [-0.2, -0.15) is 0 Å². The highest BCUT2D eigenvalue weighted by atomic mass is 79.9. The molecule has 2 heterocycles. The summed E-state index contributed by atoms with van der Waals surface area (Å²) in [4.78, 5) is 17.6. The monoisotopic (exact) mass is 361 g/mol. The molecule has 1 aromatic heterocycles. The van der Waals surface area contributed by atoms with Gasteiger partial charge in [-0.05, 0) is 50.8 Å². The normalized spacial score (nSPS) is 17.2. The van der Waals surface area contributed by atoms with Crippen molar-refractivity contribution >= 4 is 43.6 Å². The van der Waals surface area contributed by atoms with Crippen molar-refractivity contribution in [1.29, 1.82) is 0 Å². The smallest absolute Gasteiger partial charge is 0.220 e. The summed E-state index contributed by atoms with van der Waals surface area (Å²) in [6.45, 7) is 1.64. The highest BCUT2D eigenvalue weighted by molar-refractivity contribution is 9.11. The Balaban J connectivity index is 2.08. The van der Waals surface area contributed by atoms with E-state index in [0.29, 0.717) is 0 Å². The molecule has 0 saturated carbocycles. The largest absolute Gasteiger partial charge is 0.369 e. The molecule has 1 fully saturated rings. The van der Waals surface area contributed by atoms with E-state index < -0.39 is 0 Å². The van der Waals surface area contributed by atoms with Gasteiger partial charge in [0.25, 0.3) is 0 Å². The van der Waals surface area contributed by atoms with Crippen molar-refractivity contribution in [3.8, 4) is 0 Å². The molecule has 1 saturated heterocycles. The maximum absolute atomic E-state index is 11.1. The summed E-state index contributed by atoms with van der Waals surface area (Å²) in [6, 6.07) is 1.97. The molecule has 0 atom stereocenters. The molecule has 1 aliphatic rings. The van der Waals surface area contributed by atoms with Crippen LogP contribution in [0.5, 0.6) is 0 Å². The first-order valence-electron chi connectivity index (χ1n) is 5.43. The zero-order chi connectivity index (χ0) is 12.4. The van der Waals surface area contributed by atoms with Crippen molar-refractivity contribution in [1.82, 2.24) is 4.98 Å². The van der Waals surface area contributed by atoms with Crippen molar-refractivity contribution in [2.75, 3.05) is 18.0 Å². The van der Waals surface area contributed by atoms with Gasteiger partial charge in [-0.1, -0.05) is 0 Å². The third kappa shape index (κ3) is 2.98. The quantitative estimate of drug-likeness (QED) is 0.878. The van der Waals surface area contributed by atoms with Crippen molar-refractivity contribution in [2.24, 2.45) is 11.7 Å². The van der Waals surface area contributed by atoms with Gasteiger partial charge in [0.2, 0.25) is 5.91 Å². The molecular weight excluding hydrogens is 350 g/mol. The minimum Gasteiger partial charge on any atom is -0.369 e. The molecule has 1 aliphatic heterocycles. The van der Waals surface area contributed by atoms with Crippen LogP contribution in [-0.2, 0) is 4.79 Å². The Bertz CT molecular complexity index is 431. The molecule has 17 heavy (non-hydrogen) atoms. The first kappa shape index (κ1) is 12.8. The summed E-state index contributed by atoms with van der Waals surface area (Å²) >= 11 is 6.88. The van der Waals surface area contributed by atoms with Gasteiger partial charge >= 0.3 is 0 Å². The molecule has 0 spiro atoms. The van der Waals surface area contributed by atoms with Crippen LogP contribution in [0.4, 0.5) is 5.82 Å². The molecule has 4 nitrogen and oxygen atoms in total. The first-order chi connectivity index (χ1) is 8.08. The second-order valence-electron chi connectivity index (χ2n) is 4.12. The molecule has 6 heteroatoms. The highest BCUT2D eigenvalue weighted by Crippen LogP contribution is 2.29. The number of carbonyl (C=O) groups is 1. The van der Waals surface area contributed by atoms with Gasteiger partial charge in [0.15, 0.2) is 0 Å². The van der Waals surface area contributed by atoms with Gasteiger partial charge in [0, 0.05) is 29.7 Å². The molecule has 0 radical (unpaired) electrons. The number of carbonyl (C=O) groups excluding carboxylic acids is 1. The number of hydrogen-bond donors (Lipinski definition) is 1. The highest BCUT2D eigenvalue weighted by Gasteiger charge is 2.24. The summed E-state index contributed by atoms with van der Waals surface area (Å²) in [5, 5.41) is 0. The lowest BCUT2D eigenvalue weighted by atomic mass is 9.96. The van der Waals surface area contributed by atoms with E-state index in [4.69, 9.17) is 5.73 Å². The number of primary amides is 1. The third-order valence-electron chi connectivity index (χ3n) is 2.99. The lowest BCUT2D eigenvalue weighted by Crippen LogP contribution is -2.39. The minimum absolute atomic E-state index is 0.0143. The molecule has 0 unspecified atom stereocenters. The average Bonchev–Trinajstić information content (AvgIpc) is 2.29. The number of nitrogens with zero attached hydrogens (tertiary/aromatic N) is 2. The number of hydrogen-bond acceptors (Lipinski definition) is 3. The van der Waals surface area contributed by atoms with Crippen LogP contribution in [0.25, 0.3) is 0 Å². The Morgan fingerprint density at radius 2 is 2.06 bits per heavy atom. The summed E-state index contributed by atoms with van der Waals surface area (Å²) < 4.78 is 1.91. The van der Waals surface area contributed by atoms with Crippen LogP contribution in [0, 0.1) is 5.92 Å². The SMILES string of the molecule is NC(=O)C1CCN(c2ncc(Br)cc2Br)CC1. The fourth-order valence-corrected chi connectivity index (χ4v) is 3.25. The van der Waals surface area contributed by atoms with E-state index in [1.165, 1.54) is 0 Å². The minimum atomic E-state index is -0.188. The van der Waals surface area contributed by atoms with E-state index in [9.17, 15) is 4.79 Å². The number of nitrogens with two attached hydrogens (primary N) is 1. The van der Waals surface area contributed by atoms with E-state index in [1.807, 2.05) is 6.07 Å². The van der Waals surface area contributed by atoms with Crippen LogP contribution in [0.1, 0.15) is 12.8 Å². The van der Waals surface area contributed by atoms with Gasteiger partial charge in [-0.15, -0.1) is 0 Å². The Morgan fingerprint density at radius 1 is 1.41 bits per heavy atom. The molecule has 2 rings (SSSR count). The second kappa shape index (κ2) is 5.35. The van der Waals surface area contributed by atoms with Crippen LogP contribution in [-0.4, -0.2) is 24.0 Å². The van der Waals surface area contributed by atoms with E-state index >= 15 is 0 Å². The summed E-state index contributed by atoms with van der Waals surface area (Å²) in [7, 11) is 0. The number of piperidine rings is 1. The maximum atomic E-state index is 11.1. The van der Waals surface area contributed by atoms with E-state index in [-0.39, 0.29) is 11.8 Å². The lowest BCUT2D eigenvalue weighted by Gasteiger charge is -2.32. The predicted octanol–water partition coefficient (Wildman–Crippen LogP) is 2.31. The van der Waals surface area contributed by atoms with Crippen LogP contribution < -0.4 is 10.6 Å². The number of rotatable bonds is 2. The van der Waals surface area contributed by atoms with E-state index in [1.54, 1.807) is 6.20 Å². The molecule has 0 aliphatic carbocycles. The molecule has 1 aromatic rings. The topological polar surface area (TPSA) is 59.2 Å². The van der Waals surface area contributed by atoms with Crippen LogP contribution in [0.15, 0.2) is 21.2 Å². The van der Waals surface area contributed by atoms with Crippen molar-refractivity contribution in [3.05, 3.63) is 21.2 Å². The molecular formula is C11H13Br2N3O. The standard InChI is InChI=1S/C11H13Br2N3O/c12-8-5-9(13)11(15-6-8)16-3-1-7(2-4-16)10(14)17/h5-7H,1-4H2,(H2,14,17). The van der Waals surface area contributed by atoms with Crippen LogP contribution in [0.3, 0.4) is 0 Å². The summed E-state index contributed by atoms with van der Waals surface area (Å²) in [5.74, 6) is 0.754. The predicted molar refractivity (Wildman–Crippen MR) is 73.8 cm³/mol. The molecule has 92 valence electrons. The molecule has 2 N–H and O–H groups in total. The van der Waals surface area contributed by atoms with Crippen LogP contribution >= 0.6 is 31.9 Å². The number of amides is 1. The van der Waals surface area contributed by atoms with Crippen molar-refractivity contribution in [3.63, 3.8) is 0 Å². The molecule has 0 bridgehead atoms. The van der Waals surface area contributed by atoms with Crippen molar-refractivity contribution < 1.29 is 4.79 Å². The lowest BCUT2D eigenvalue weighted by molar-refractivity contribution is -0.122. The first-order valence-corrected chi connectivity index (χ1v) is 7.02. The molecule has 1 amide bonds. The Kier molecular flexibility index (Phi) is 4.04. The van der Waals surface area contributed by atoms with Gasteiger partial charge in [0.05, 0.1) is 4.47 Å². The zero-order valence-corrected chi connectivity index (χ0v) is 12.4. The Hall–Kier alpha value is -0.620. The van der Waals surface area contributed by atoms with Gasteiger partial charge in [-0.25, -0.2) is 4.98 Å². The second-order valence-corrected chi connectivity index (χ2v) is 5.89. The van der Waals surface area contributed by atoms with E-state index in [0.717, 1.165) is 40.7 Å². The van der Waals surface area contributed by atoms with Gasteiger partial charge < -0.3 is 10.6 Å². The fraction of sp³-hybridized carbons (Fsp3) is 0.455. The fourth-order valence-electron chi connectivity index (χ4n) is 2.02. The number of aromatic nitrogens is 1. The Morgan fingerprint density at radius 3 is 2.59 bits per heavy atom.